The molecule has 0 aliphatic heterocycles. The predicted molar refractivity (Wildman–Crippen MR) is 124 cm³/mol. The Morgan fingerprint density at radius 3 is 2.61 bits per heavy atom. The van der Waals surface area contributed by atoms with Gasteiger partial charge < -0.3 is 10.2 Å². The first kappa shape index (κ1) is 22.9. The summed E-state index contributed by atoms with van der Waals surface area (Å²) in [5.74, 6) is -0.828. The Hall–Kier alpha value is -3.29. The molecular formula is C25H30FN5O2. The topological polar surface area (TPSA) is 80.1 Å². The summed E-state index contributed by atoms with van der Waals surface area (Å²) in [6, 6.07) is 12.6. The number of hydrogen-bond donors (Lipinski definition) is 1. The lowest BCUT2D eigenvalue weighted by Crippen LogP contribution is -2.47. The summed E-state index contributed by atoms with van der Waals surface area (Å²) >= 11 is 0. The van der Waals surface area contributed by atoms with Gasteiger partial charge >= 0.3 is 0 Å². The van der Waals surface area contributed by atoms with Gasteiger partial charge in [0, 0.05) is 12.6 Å². The largest absolute Gasteiger partial charge is 0.351 e. The third kappa shape index (κ3) is 5.38. The van der Waals surface area contributed by atoms with E-state index in [0.29, 0.717) is 17.6 Å². The van der Waals surface area contributed by atoms with E-state index in [4.69, 9.17) is 0 Å². The summed E-state index contributed by atoms with van der Waals surface area (Å²) in [6.45, 7) is 2.43. The molecule has 0 bridgehead atoms. The summed E-state index contributed by atoms with van der Waals surface area (Å²) < 4.78 is 15.2. The second kappa shape index (κ2) is 10.6. The number of halogens is 1. The Kier molecular flexibility index (Phi) is 7.32. The van der Waals surface area contributed by atoms with Crippen LogP contribution in [-0.2, 0) is 16.1 Å². The van der Waals surface area contributed by atoms with E-state index in [-0.39, 0.29) is 30.2 Å². The van der Waals surface area contributed by atoms with Gasteiger partial charge in [0.2, 0.25) is 11.8 Å². The van der Waals surface area contributed by atoms with Gasteiger partial charge in [0.1, 0.15) is 23.9 Å². The smallest absolute Gasteiger partial charge is 0.247 e. The molecule has 1 fully saturated rings. The Balaban J connectivity index is 1.64. The van der Waals surface area contributed by atoms with E-state index >= 15 is 0 Å². The van der Waals surface area contributed by atoms with Gasteiger partial charge in [-0.05, 0) is 49.1 Å². The average Bonchev–Trinajstić information content (AvgIpc) is 3.47. The zero-order valence-corrected chi connectivity index (χ0v) is 18.9. The Labute approximate surface area is 193 Å². The van der Waals surface area contributed by atoms with Crippen LogP contribution in [0.15, 0.2) is 48.5 Å². The molecule has 174 valence electrons. The molecule has 1 unspecified atom stereocenters. The fraction of sp³-hybridized carbons (Fsp3) is 0.440. The molecular weight excluding hydrogens is 421 g/mol. The molecule has 33 heavy (non-hydrogen) atoms. The Morgan fingerprint density at radius 1 is 1.15 bits per heavy atom. The summed E-state index contributed by atoms with van der Waals surface area (Å²) in [4.78, 5) is 28.7. The van der Waals surface area contributed by atoms with Crippen molar-refractivity contribution in [2.45, 2.75) is 64.1 Å². The van der Waals surface area contributed by atoms with Gasteiger partial charge in [-0.1, -0.05) is 55.7 Å². The maximum Gasteiger partial charge on any atom is 0.247 e. The Bertz CT molecular complexity index is 1090. The number of carbonyl (C=O) groups excluding carboxylic acids is 2. The summed E-state index contributed by atoms with van der Waals surface area (Å²) in [5.41, 5.74) is 2.06. The molecule has 3 aromatic rings. The second-order valence-electron chi connectivity index (χ2n) is 8.62. The summed E-state index contributed by atoms with van der Waals surface area (Å²) in [5, 5.41) is 11.4. The van der Waals surface area contributed by atoms with E-state index < -0.39 is 6.04 Å². The van der Waals surface area contributed by atoms with Gasteiger partial charge in [0.15, 0.2) is 0 Å². The molecule has 1 atom stereocenters. The van der Waals surface area contributed by atoms with Gasteiger partial charge in [-0.2, -0.15) is 0 Å². The molecule has 8 heteroatoms. The van der Waals surface area contributed by atoms with Crippen molar-refractivity contribution in [2.24, 2.45) is 0 Å². The molecule has 0 radical (unpaired) electrons. The van der Waals surface area contributed by atoms with Crippen molar-refractivity contribution in [1.29, 1.82) is 0 Å². The summed E-state index contributed by atoms with van der Waals surface area (Å²) in [7, 11) is 0. The van der Waals surface area contributed by atoms with Crippen LogP contribution in [0.1, 0.15) is 57.1 Å². The molecule has 1 aliphatic carbocycles. The highest BCUT2D eigenvalue weighted by Crippen LogP contribution is 2.26. The second-order valence-corrected chi connectivity index (χ2v) is 8.62. The van der Waals surface area contributed by atoms with Crippen molar-refractivity contribution in [3.63, 3.8) is 0 Å². The first-order valence-corrected chi connectivity index (χ1v) is 11.7. The predicted octanol–water partition coefficient (Wildman–Crippen LogP) is 4.00. The highest BCUT2D eigenvalue weighted by molar-refractivity contribution is 5.89. The van der Waals surface area contributed by atoms with Crippen LogP contribution in [0.25, 0.3) is 11.0 Å². The molecule has 0 saturated heterocycles. The number of fused-ring (bicyclic) bond motifs is 1. The highest BCUT2D eigenvalue weighted by atomic mass is 19.1. The lowest BCUT2D eigenvalue weighted by Gasteiger charge is -2.32. The zero-order valence-electron chi connectivity index (χ0n) is 18.9. The number of nitrogens with one attached hydrogen (secondary N) is 1. The quantitative estimate of drug-likeness (QED) is 0.533. The third-order valence-corrected chi connectivity index (χ3v) is 6.23. The van der Waals surface area contributed by atoms with Crippen molar-refractivity contribution in [2.75, 3.05) is 6.54 Å². The first-order valence-electron chi connectivity index (χ1n) is 11.7. The lowest BCUT2D eigenvalue weighted by atomic mass is 10.0. The molecule has 1 heterocycles. The van der Waals surface area contributed by atoms with Gasteiger partial charge in [0.05, 0.1) is 5.52 Å². The van der Waals surface area contributed by atoms with Crippen LogP contribution in [0.4, 0.5) is 4.39 Å². The average molecular weight is 452 g/mol. The Morgan fingerprint density at radius 2 is 1.88 bits per heavy atom. The van der Waals surface area contributed by atoms with Crippen LogP contribution in [0, 0.1) is 5.82 Å². The highest BCUT2D eigenvalue weighted by Gasteiger charge is 2.33. The number of carbonyl (C=O) groups is 2. The van der Waals surface area contributed by atoms with E-state index in [1.165, 1.54) is 12.1 Å². The van der Waals surface area contributed by atoms with Gasteiger partial charge in [-0.3, -0.25) is 9.59 Å². The minimum Gasteiger partial charge on any atom is -0.351 e. The molecule has 0 spiro atoms. The van der Waals surface area contributed by atoms with Crippen LogP contribution in [0.5, 0.6) is 0 Å². The van der Waals surface area contributed by atoms with E-state index in [0.717, 1.165) is 44.0 Å². The molecule has 1 N–H and O–H groups in total. The first-order chi connectivity index (χ1) is 16.1. The number of rotatable bonds is 9. The zero-order chi connectivity index (χ0) is 23.2. The van der Waals surface area contributed by atoms with E-state index in [9.17, 15) is 14.0 Å². The number of aromatic nitrogens is 3. The molecule has 4 rings (SSSR count). The number of unbranched alkanes of at least 4 members (excludes halogenated alkanes) is 1. The number of nitrogens with zero attached hydrogens (tertiary/aromatic N) is 4. The van der Waals surface area contributed by atoms with Gasteiger partial charge in [-0.25, -0.2) is 9.07 Å². The molecule has 1 aliphatic rings. The third-order valence-electron chi connectivity index (χ3n) is 6.23. The fourth-order valence-electron chi connectivity index (χ4n) is 4.45. The van der Waals surface area contributed by atoms with Crippen LogP contribution in [-0.4, -0.2) is 44.3 Å². The monoisotopic (exact) mass is 451 g/mol. The van der Waals surface area contributed by atoms with Crippen molar-refractivity contribution in [3.05, 3.63) is 59.9 Å². The number of para-hydroxylation sites is 1. The van der Waals surface area contributed by atoms with Crippen LogP contribution in [0.2, 0.25) is 0 Å². The maximum atomic E-state index is 13.6. The SMILES string of the molecule is CCCCN(C(=O)Cn1nnc2ccccc21)C(C(=O)NC1CCCC1)c1ccc(F)cc1. The fourth-order valence-corrected chi connectivity index (χ4v) is 4.45. The minimum absolute atomic E-state index is 0.0291. The van der Waals surface area contributed by atoms with Gasteiger partial charge in [-0.15, -0.1) is 5.10 Å². The molecule has 7 nitrogen and oxygen atoms in total. The molecule has 1 saturated carbocycles. The molecule has 1 aromatic heterocycles. The van der Waals surface area contributed by atoms with Crippen molar-refractivity contribution in [3.8, 4) is 0 Å². The number of amides is 2. The van der Waals surface area contributed by atoms with Crippen molar-refractivity contribution < 1.29 is 14.0 Å². The minimum atomic E-state index is -0.833. The number of hydrogen-bond acceptors (Lipinski definition) is 4. The maximum absolute atomic E-state index is 13.6. The van der Waals surface area contributed by atoms with E-state index in [2.05, 4.69) is 15.6 Å². The standard InChI is InChI=1S/C25H30FN5O2/c1-2-3-16-30(23(32)17-31-22-11-7-6-10-21(22)28-29-31)24(18-12-14-19(26)15-13-18)25(33)27-20-8-4-5-9-20/h6-7,10-15,20,24H,2-5,8-9,16-17H2,1H3,(H,27,33). The lowest BCUT2D eigenvalue weighted by molar-refractivity contribution is -0.141. The number of benzene rings is 2. The van der Waals surface area contributed by atoms with Gasteiger partial charge in [0.25, 0.3) is 0 Å². The van der Waals surface area contributed by atoms with Crippen molar-refractivity contribution in [1.82, 2.24) is 25.2 Å². The van der Waals surface area contributed by atoms with E-state index in [1.807, 2.05) is 31.2 Å². The summed E-state index contributed by atoms with van der Waals surface area (Å²) in [6.07, 6.45) is 5.67. The molecule has 2 amide bonds. The van der Waals surface area contributed by atoms with Crippen LogP contribution < -0.4 is 5.32 Å². The van der Waals surface area contributed by atoms with Crippen molar-refractivity contribution >= 4 is 22.8 Å². The molecule has 2 aromatic carbocycles. The van der Waals surface area contributed by atoms with Crippen LogP contribution >= 0.6 is 0 Å². The van der Waals surface area contributed by atoms with Crippen LogP contribution in [0.3, 0.4) is 0 Å². The van der Waals surface area contributed by atoms with E-state index in [1.54, 1.807) is 21.7 Å². The normalized spacial score (nSPS) is 15.0.